The molecule has 2 heterocycles. The number of carbonyl (C=O) groups is 1. The summed E-state index contributed by atoms with van der Waals surface area (Å²) in [6.07, 6.45) is 0.816. The lowest BCUT2D eigenvalue weighted by atomic mass is 10.3. The van der Waals surface area contributed by atoms with Gasteiger partial charge >= 0.3 is 5.97 Å². The maximum Gasteiger partial charge on any atom is 0.355 e. The Bertz CT molecular complexity index is 527. The Labute approximate surface area is 96.6 Å². The van der Waals surface area contributed by atoms with Crippen molar-refractivity contribution in [3.63, 3.8) is 0 Å². The van der Waals surface area contributed by atoms with Crippen molar-refractivity contribution in [1.82, 2.24) is 4.98 Å². The quantitative estimate of drug-likeness (QED) is 0.891. The minimum absolute atomic E-state index is 0.106. The van der Waals surface area contributed by atoms with E-state index in [1.54, 1.807) is 6.92 Å². The van der Waals surface area contributed by atoms with E-state index >= 15 is 0 Å². The van der Waals surface area contributed by atoms with Crippen LogP contribution in [0.2, 0.25) is 0 Å². The van der Waals surface area contributed by atoms with Crippen LogP contribution >= 0.6 is 11.3 Å². The predicted molar refractivity (Wildman–Crippen MR) is 60.9 cm³/mol. The van der Waals surface area contributed by atoms with Crippen molar-refractivity contribution in [2.45, 2.75) is 20.3 Å². The number of carboxylic acid groups (broad SMARTS) is 1. The van der Waals surface area contributed by atoms with E-state index in [0.29, 0.717) is 15.6 Å². The average Bonchev–Trinajstić information content (AvgIpc) is 2.83. The fourth-order valence-corrected chi connectivity index (χ4v) is 2.25. The Hall–Kier alpha value is -1.62. The third-order valence-electron chi connectivity index (χ3n) is 2.22. The number of aromatic carboxylic acids is 1. The van der Waals surface area contributed by atoms with Gasteiger partial charge in [-0.15, -0.1) is 11.3 Å². The van der Waals surface area contributed by atoms with Crippen molar-refractivity contribution < 1.29 is 14.3 Å². The molecule has 0 atom stereocenters. The summed E-state index contributed by atoms with van der Waals surface area (Å²) in [5, 5.41) is 9.51. The fourth-order valence-electron chi connectivity index (χ4n) is 1.38. The number of aryl methyl sites for hydroxylation is 2. The molecule has 0 unspecified atom stereocenters. The molecule has 84 valence electrons. The molecule has 0 bridgehead atoms. The van der Waals surface area contributed by atoms with Gasteiger partial charge in [0.15, 0.2) is 16.5 Å². The molecule has 4 nitrogen and oxygen atoms in total. The number of furan rings is 1. The molecule has 16 heavy (non-hydrogen) atoms. The van der Waals surface area contributed by atoms with Crippen LogP contribution in [0.15, 0.2) is 16.5 Å². The Morgan fingerprint density at radius 1 is 1.56 bits per heavy atom. The first-order valence-corrected chi connectivity index (χ1v) is 5.73. The first-order chi connectivity index (χ1) is 7.61. The van der Waals surface area contributed by atoms with Crippen molar-refractivity contribution in [2.75, 3.05) is 0 Å². The van der Waals surface area contributed by atoms with Gasteiger partial charge in [0.05, 0.1) is 0 Å². The number of nitrogens with zero attached hydrogens (tertiary/aromatic N) is 1. The van der Waals surface area contributed by atoms with Gasteiger partial charge < -0.3 is 9.52 Å². The lowest BCUT2D eigenvalue weighted by molar-refractivity contribution is 0.0690. The first-order valence-electron chi connectivity index (χ1n) is 4.91. The summed E-state index contributed by atoms with van der Waals surface area (Å²) in [6, 6.07) is 3.70. The van der Waals surface area contributed by atoms with Crippen molar-refractivity contribution in [3.8, 4) is 10.8 Å². The number of hydrogen-bond donors (Lipinski definition) is 1. The van der Waals surface area contributed by atoms with E-state index in [0.717, 1.165) is 12.2 Å². The number of hydrogen-bond acceptors (Lipinski definition) is 4. The molecule has 5 heteroatoms. The molecule has 2 aromatic heterocycles. The van der Waals surface area contributed by atoms with Gasteiger partial charge in [-0.05, 0) is 19.1 Å². The van der Waals surface area contributed by atoms with Crippen LogP contribution in [0.25, 0.3) is 10.8 Å². The first kappa shape index (κ1) is 10.9. The molecule has 0 fully saturated rings. The van der Waals surface area contributed by atoms with Crippen LogP contribution in [0, 0.1) is 6.92 Å². The number of carboxylic acids is 1. The molecule has 0 aliphatic heterocycles. The molecule has 0 radical (unpaired) electrons. The summed E-state index contributed by atoms with van der Waals surface area (Å²) in [7, 11) is 0. The lowest BCUT2D eigenvalue weighted by Crippen LogP contribution is -1.98. The van der Waals surface area contributed by atoms with Crippen molar-refractivity contribution in [1.29, 1.82) is 0 Å². The molecule has 0 saturated heterocycles. The van der Waals surface area contributed by atoms with E-state index in [4.69, 9.17) is 9.52 Å². The highest BCUT2D eigenvalue weighted by molar-refractivity contribution is 7.15. The summed E-state index contributed by atoms with van der Waals surface area (Å²) >= 11 is 1.33. The van der Waals surface area contributed by atoms with Crippen LogP contribution in [0.1, 0.15) is 28.0 Å². The number of thiazole rings is 1. The third kappa shape index (κ3) is 1.86. The van der Waals surface area contributed by atoms with Gasteiger partial charge in [-0.3, -0.25) is 0 Å². The second-order valence-corrected chi connectivity index (χ2v) is 4.55. The number of rotatable bonds is 3. The predicted octanol–water partition coefficient (Wildman–Crippen LogP) is 2.97. The van der Waals surface area contributed by atoms with Crippen LogP contribution < -0.4 is 0 Å². The van der Waals surface area contributed by atoms with Crippen LogP contribution in [0.5, 0.6) is 0 Å². The van der Waals surface area contributed by atoms with E-state index in [1.165, 1.54) is 11.3 Å². The SMILES string of the molecule is CCc1ccc(-c2nc(C(=O)O)c(C)s2)o1. The van der Waals surface area contributed by atoms with E-state index in [-0.39, 0.29) is 5.69 Å². The highest BCUT2D eigenvalue weighted by Crippen LogP contribution is 2.29. The van der Waals surface area contributed by atoms with Gasteiger partial charge in [0.1, 0.15) is 5.76 Å². The summed E-state index contributed by atoms with van der Waals surface area (Å²) in [4.78, 5) is 15.6. The average molecular weight is 237 g/mol. The molecule has 0 aliphatic carbocycles. The molecule has 2 rings (SSSR count). The van der Waals surface area contributed by atoms with Crippen LogP contribution in [0.4, 0.5) is 0 Å². The summed E-state index contributed by atoms with van der Waals surface area (Å²) in [5.41, 5.74) is 0.106. The van der Waals surface area contributed by atoms with Gasteiger partial charge in [0.2, 0.25) is 0 Å². The van der Waals surface area contributed by atoms with Gasteiger partial charge in [0.25, 0.3) is 0 Å². The van der Waals surface area contributed by atoms with Crippen molar-refractivity contribution in [2.24, 2.45) is 0 Å². The molecule has 2 aromatic rings. The maximum absolute atomic E-state index is 10.8. The Morgan fingerprint density at radius 3 is 2.81 bits per heavy atom. The molecule has 1 N–H and O–H groups in total. The highest BCUT2D eigenvalue weighted by atomic mass is 32.1. The smallest absolute Gasteiger partial charge is 0.355 e. The number of aromatic nitrogens is 1. The Balaban J connectivity index is 2.41. The molecular formula is C11H11NO3S. The molecule has 0 amide bonds. The summed E-state index contributed by atoms with van der Waals surface area (Å²) in [6.45, 7) is 3.74. The maximum atomic E-state index is 10.8. The normalized spacial score (nSPS) is 10.6. The van der Waals surface area contributed by atoms with Gasteiger partial charge in [-0.2, -0.15) is 0 Å². The van der Waals surface area contributed by atoms with E-state index in [1.807, 2.05) is 19.1 Å². The van der Waals surface area contributed by atoms with Crippen LogP contribution in [-0.4, -0.2) is 16.1 Å². The summed E-state index contributed by atoms with van der Waals surface area (Å²) in [5.74, 6) is 0.513. The molecule has 0 aromatic carbocycles. The third-order valence-corrected chi connectivity index (χ3v) is 3.21. The second-order valence-electron chi connectivity index (χ2n) is 3.35. The zero-order valence-corrected chi connectivity index (χ0v) is 9.80. The second kappa shape index (κ2) is 4.09. The van der Waals surface area contributed by atoms with Crippen LogP contribution in [-0.2, 0) is 6.42 Å². The standard InChI is InChI=1S/C11H11NO3S/c1-3-7-4-5-8(15-7)10-12-9(11(13)14)6(2)16-10/h4-5H,3H2,1-2H3,(H,13,14). The van der Waals surface area contributed by atoms with Crippen LogP contribution in [0.3, 0.4) is 0 Å². The molecule has 0 spiro atoms. The molecule has 0 aliphatic rings. The molecule has 0 saturated carbocycles. The highest BCUT2D eigenvalue weighted by Gasteiger charge is 2.16. The minimum Gasteiger partial charge on any atom is -0.476 e. The Kier molecular flexibility index (Phi) is 2.78. The summed E-state index contributed by atoms with van der Waals surface area (Å²) < 4.78 is 5.52. The fraction of sp³-hybridized carbons (Fsp3) is 0.273. The van der Waals surface area contributed by atoms with E-state index in [2.05, 4.69) is 4.98 Å². The zero-order chi connectivity index (χ0) is 11.7. The van der Waals surface area contributed by atoms with Gasteiger partial charge in [0, 0.05) is 11.3 Å². The van der Waals surface area contributed by atoms with Crippen molar-refractivity contribution in [3.05, 3.63) is 28.5 Å². The largest absolute Gasteiger partial charge is 0.476 e. The minimum atomic E-state index is -0.998. The van der Waals surface area contributed by atoms with E-state index in [9.17, 15) is 4.79 Å². The van der Waals surface area contributed by atoms with E-state index < -0.39 is 5.97 Å². The Morgan fingerprint density at radius 2 is 2.31 bits per heavy atom. The zero-order valence-electron chi connectivity index (χ0n) is 8.98. The van der Waals surface area contributed by atoms with Crippen molar-refractivity contribution >= 4 is 17.3 Å². The molecular weight excluding hydrogens is 226 g/mol. The monoisotopic (exact) mass is 237 g/mol. The lowest BCUT2D eigenvalue weighted by Gasteiger charge is -1.89. The topological polar surface area (TPSA) is 63.3 Å². The van der Waals surface area contributed by atoms with Gasteiger partial charge in [-0.1, -0.05) is 6.92 Å². The van der Waals surface area contributed by atoms with Gasteiger partial charge in [-0.25, -0.2) is 9.78 Å².